The van der Waals surface area contributed by atoms with Crippen molar-refractivity contribution < 1.29 is 10.0 Å². The molecule has 2 rings (SSSR count). The van der Waals surface area contributed by atoms with Crippen LogP contribution in [-0.4, -0.2) is 16.2 Å². The molecule has 0 aliphatic heterocycles. The third-order valence-electron chi connectivity index (χ3n) is 2.62. The van der Waals surface area contributed by atoms with E-state index in [1.807, 2.05) is 0 Å². The fraction of sp³-hybridized carbons (Fsp3) is 0. The van der Waals surface area contributed by atoms with Crippen LogP contribution in [0.15, 0.2) is 47.5 Å². The number of nitrogens with zero attached hydrogens (tertiary/aromatic N) is 2. The summed E-state index contributed by atoms with van der Waals surface area (Å²) in [7, 11) is 0. The van der Waals surface area contributed by atoms with Crippen molar-refractivity contribution in [1.82, 2.24) is 0 Å². The number of non-ortho nitro benzene ring substituents is 1. The first-order valence-electron chi connectivity index (χ1n) is 5.69. The van der Waals surface area contributed by atoms with Gasteiger partial charge in [-0.05, 0) is 18.2 Å². The zero-order valence-corrected chi connectivity index (χ0v) is 10.4. The monoisotopic (exact) mass is 266 g/mol. The van der Waals surface area contributed by atoms with Crippen LogP contribution < -0.4 is 0 Å². The van der Waals surface area contributed by atoms with Gasteiger partial charge in [0.1, 0.15) is 5.75 Å². The van der Waals surface area contributed by atoms with E-state index in [1.165, 1.54) is 24.4 Å². The summed E-state index contributed by atoms with van der Waals surface area (Å²) < 4.78 is 0. The second-order valence-electron chi connectivity index (χ2n) is 3.92. The van der Waals surface area contributed by atoms with Crippen molar-refractivity contribution in [3.05, 3.63) is 63.7 Å². The summed E-state index contributed by atoms with van der Waals surface area (Å²) >= 11 is 0. The van der Waals surface area contributed by atoms with E-state index >= 15 is 0 Å². The van der Waals surface area contributed by atoms with Crippen molar-refractivity contribution in [2.45, 2.75) is 0 Å². The van der Waals surface area contributed by atoms with E-state index in [-0.39, 0.29) is 17.0 Å². The number of benzene rings is 2. The van der Waals surface area contributed by atoms with Gasteiger partial charge in [0.15, 0.2) is 0 Å². The van der Waals surface area contributed by atoms with E-state index in [2.05, 4.69) is 10.9 Å². The van der Waals surface area contributed by atoms with Crippen LogP contribution in [0.5, 0.6) is 5.75 Å². The highest BCUT2D eigenvalue weighted by Gasteiger charge is 2.08. The van der Waals surface area contributed by atoms with Crippen molar-refractivity contribution in [2.75, 3.05) is 0 Å². The highest BCUT2D eigenvalue weighted by Crippen LogP contribution is 2.23. The van der Waals surface area contributed by atoms with Crippen molar-refractivity contribution in [1.29, 1.82) is 0 Å². The molecule has 0 bridgehead atoms. The predicted molar refractivity (Wildman–Crippen MR) is 76.4 cm³/mol. The molecule has 0 radical (unpaired) electrons. The second-order valence-corrected chi connectivity index (χ2v) is 3.92. The number of phenols is 1. The van der Waals surface area contributed by atoms with Crippen LogP contribution >= 0.6 is 0 Å². The van der Waals surface area contributed by atoms with E-state index < -0.39 is 4.92 Å². The van der Waals surface area contributed by atoms with Gasteiger partial charge < -0.3 is 5.11 Å². The van der Waals surface area contributed by atoms with E-state index in [0.717, 1.165) is 0 Å². The first kappa shape index (κ1) is 13.3. The van der Waals surface area contributed by atoms with Crippen molar-refractivity contribution in [3.63, 3.8) is 0 Å². The molecule has 20 heavy (non-hydrogen) atoms. The van der Waals surface area contributed by atoms with Crippen LogP contribution in [0.4, 0.5) is 11.4 Å². The molecule has 0 atom stereocenters. The third-order valence-corrected chi connectivity index (χ3v) is 2.62. The Morgan fingerprint density at radius 2 is 2.05 bits per heavy atom. The van der Waals surface area contributed by atoms with Gasteiger partial charge in [-0.15, -0.1) is 6.42 Å². The summed E-state index contributed by atoms with van der Waals surface area (Å²) in [6.45, 7) is 0. The normalized spacial score (nSPS) is 10.3. The molecule has 5 heteroatoms. The molecule has 0 heterocycles. The van der Waals surface area contributed by atoms with Crippen LogP contribution in [0, 0.1) is 22.5 Å². The van der Waals surface area contributed by atoms with Gasteiger partial charge in [-0.1, -0.05) is 18.1 Å². The number of aliphatic imine (C=N–C) groups is 1. The molecule has 98 valence electrons. The van der Waals surface area contributed by atoms with E-state index in [0.29, 0.717) is 11.3 Å². The van der Waals surface area contributed by atoms with Crippen molar-refractivity contribution >= 4 is 17.6 Å². The van der Waals surface area contributed by atoms with Gasteiger partial charge in [0.25, 0.3) is 5.69 Å². The number of rotatable bonds is 3. The number of hydrogen-bond donors (Lipinski definition) is 1. The minimum Gasteiger partial charge on any atom is -0.507 e. The maximum atomic E-state index is 10.7. The smallest absolute Gasteiger partial charge is 0.270 e. The molecule has 0 aromatic heterocycles. The van der Waals surface area contributed by atoms with E-state index in [9.17, 15) is 15.2 Å². The Kier molecular flexibility index (Phi) is 3.77. The van der Waals surface area contributed by atoms with Crippen LogP contribution in [-0.2, 0) is 0 Å². The zero-order chi connectivity index (χ0) is 14.5. The maximum Gasteiger partial charge on any atom is 0.270 e. The van der Waals surface area contributed by atoms with Crippen molar-refractivity contribution in [3.8, 4) is 18.1 Å². The molecule has 0 saturated heterocycles. The topological polar surface area (TPSA) is 75.7 Å². The number of para-hydroxylation sites is 1. The number of terminal acetylenes is 1. The van der Waals surface area contributed by atoms with E-state index in [1.54, 1.807) is 24.3 Å². The van der Waals surface area contributed by atoms with Crippen LogP contribution in [0.25, 0.3) is 0 Å². The molecule has 0 unspecified atom stereocenters. The Labute approximate surface area is 115 Å². The first-order chi connectivity index (χ1) is 9.61. The minimum absolute atomic E-state index is 0.0856. The Hall–Kier alpha value is -3.13. The van der Waals surface area contributed by atoms with E-state index in [4.69, 9.17) is 6.42 Å². The largest absolute Gasteiger partial charge is 0.507 e. The average molecular weight is 266 g/mol. The van der Waals surface area contributed by atoms with Gasteiger partial charge in [-0.3, -0.25) is 15.1 Å². The Balaban J connectivity index is 2.39. The summed E-state index contributed by atoms with van der Waals surface area (Å²) in [5, 5.41) is 20.4. The Morgan fingerprint density at radius 1 is 1.30 bits per heavy atom. The van der Waals surface area contributed by atoms with Crippen LogP contribution in [0.2, 0.25) is 0 Å². The third kappa shape index (κ3) is 2.82. The maximum absolute atomic E-state index is 10.7. The van der Waals surface area contributed by atoms with Gasteiger partial charge in [0, 0.05) is 29.5 Å². The first-order valence-corrected chi connectivity index (χ1v) is 5.69. The van der Waals surface area contributed by atoms with Gasteiger partial charge in [-0.2, -0.15) is 0 Å². The molecule has 0 spiro atoms. The van der Waals surface area contributed by atoms with Gasteiger partial charge >= 0.3 is 0 Å². The average Bonchev–Trinajstić information content (AvgIpc) is 2.46. The number of aromatic hydroxyl groups is 1. The fourth-order valence-corrected chi connectivity index (χ4v) is 1.61. The molecule has 5 nitrogen and oxygen atoms in total. The summed E-state index contributed by atoms with van der Waals surface area (Å²) in [4.78, 5) is 14.3. The molecule has 1 N–H and O–H groups in total. The summed E-state index contributed by atoms with van der Waals surface area (Å²) in [6.07, 6.45) is 6.70. The lowest BCUT2D eigenvalue weighted by Gasteiger charge is -2.00. The molecule has 2 aromatic rings. The molecule has 2 aromatic carbocycles. The number of hydrogen-bond acceptors (Lipinski definition) is 4. The Bertz CT molecular complexity index is 730. The second kappa shape index (κ2) is 5.67. The SMILES string of the molecule is C#Cc1ccccc1N=Cc1cc([N+](=O)[O-])ccc1O. The standard InChI is InChI=1S/C15H10N2O3/c1-2-11-5-3-4-6-14(11)16-10-12-9-13(17(19)20)7-8-15(12)18/h1,3-10,18H. The van der Waals surface area contributed by atoms with Crippen LogP contribution in [0.3, 0.4) is 0 Å². The number of nitro groups is 1. The summed E-state index contributed by atoms with van der Waals surface area (Å²) in [5.74, 6) is 2.41. The van der Waals surface area contributed by atoms with Crippen molar-refractivity contribution in [2.24, 2.45) is 4.99 Å². The Morgan fingerprint density at radius 3 is 2.75 bits per heavy atom. The molecule has 0 fully saturated rings. The fourth-order valence-electron chi connectivity index (χ4n) is 1.61. The lowest BCUT2D eigenvalue weighted by Crippen LogP contribution is -1.90. The molecular formula is C15H10N2O3. The highest BCUT2D eigenvalue weighted by atomic mass is 16.6. The zero-order valence-electron chi connectivity index (χ0n) is 10.4. The summed E-state index contributed by atoms with van der Waals surface area (Å²) in [6, 6.07) is 10.8. The highest BCUT2D eigenvalue weighted by molar-refractivity contribution is 5.86. The molecule has 0 amide bonds. The van der Waals surface area contributed by atoms with Gasteiger partial charge in [0.05, 0.1) is 10.6 Å². The molecule has 0 aliphatic carbocycles. The van der Waals surface area contributed by atoms with Gasteiger partial charge in [-0.25, -0.2) is 0 Å². The lowest BCUT2D eigenvalue weighted by molar-refractivity contribution is -0.384. The quantitative estimate of drug-likeness (QED) is 0.401. The predicted octanol–water partition coefficient (Wildman–Crippen LogP) is 3.03. The number of nitro benzene ring substituents is 1. The van der Waals surface area contributed by atoms with Crippen LogP contribution in [0.1, 0.15) is 11.1 Å². The molecule has 0 aliphatic rings. The minimum atomic E-state index is -0.536. The molecule has 0 saturated carbocycles. The summed E-state index contributed by atoms with van der Waals surface area (Å²) in [5.41, 5.74) is 1.30. The lowest BCUT2D eigenvalue weighted by atomic mass is 10.1. The number of phenolic OH excluding ortho intramolecular Hbond substituents is 1. The van der Waals surface area contributed by atoms with Gasteiger partial charge in [0.2, 0.25) is 0 Å². The molecular weight excluding hydrogens is 256 g/mol.